The van der Waals surface area contributed by atoms with Gasteiger partial charge in [-0.1, -0.05) is 40.9 Å². The van der Waals surface area contributed by atoms with Crippen molar-refractivity contribution in [3.05, 3.63) is 93.7 Å². The van der Waals surface area contributed by atoms with E-state index in [2.05, 4.69) is 20.2 Å². The van der Waals surface area contributed by atoms with E-state index >= 15 is 0 Å². The number of rotatable bonds is 5. The lowest BCUT2D eigenvalue weighted by Crippen LogP contribution is -2.02. The van der Waals surface area contributed by atoms with Crippen LogP contribution in [0.3, 0.4) is 0 Å². The molecule has 5 rings (SSSR count). The fourth-order valence-electron chi connectivity index (χ4n) is 3.49. The first-order valence-electron chi connectivity index (χ1n) is 9.68. The van der Waals surface area contributed by atoms with E-state index in [-0.39, 0.29) is 23.4 Å². The van der Waals surface area contributed by atoms with E-state index < -0.39 is 0 Å². The van der Waals surface area contributed by atoms with Crippen LogP contribution in [0.2, 0.25) is 10.0 Å². The van der Waals surface area contributed by atoms with Crippen LogP contribution < -0.4 is 0 Å². The number of benzene rings is 2. The molecule has 0 aliphatic rings. The number of hydrogen-bond acceptors (Lipinski definition) is 6. The van der Waals surface area contributed by atoms with Gasteiger partial charge in [-0.3, -0.25) is 4.79 Å². The first-order chi connectivity index (χ1) is 15.5. The molecule has 0 spiro atoms. The number of carbonyl (C=O) groups is 1. The lowest BCUT2D eigenvalue weighted by atomic mass is 10.1. The summed E-state index contributed by atoms with van der Waals surface area (Å²) in [5.74, 6) is -0.162. The molecule has 0 bridgehead atoms. The van der Waals surface area contributed by atoms with Gasteiger partial charge in [0.2, 0.25) is 5.82 Å². The molecule has 9 heteroatoms. The van der Waals surface area contributed by atoms with Gasteiger partial charge in [0.05, 0.1) is 5.56 Å². The molecule has 32 heavy (non-hydrogen) atoms. The molecule has 158 valence electrons. The molecule has 0 unspecified atom stereocenters. The smallest absolute Gasteiger partial charge is 0.289 e. The number of nitrogens with zero attached hydrogens (tertiary/aromatic N) is 5. The minimum absolute atomic E-state index is 0.0850. The van der Waals surface area contributed by atoms with Gasteiger partial charge in [-0.25, -0.2) is 9.97 Å². The van der Waals surface area contributed by atoms with E-state index in [1.165, 1.54) is 0 Å². The van der Waals surface area contributed by atoms with Crippen LogP contribution in [0.1, 0.15) is 27.4 Å². The van der Waals surface area contributed by atoms with Gasteiger partial charge in [0.15, 0.2) is 0 Å². The second-order valence-electron chi connectivity index (χ2n) is 7.24. The van der Waals surface area contributed by atoms with E-state index in [4.69, 9.17) is 27.6 Å². The first-order valence-corrected chi connectivity index (χ1v) is 10.4. The van der Waals surface area contributed by atoms with Gasteiger partial charge in [0.1, 0.15) is 0 Å². The molecule has 0 radical (unpaired) electrons. The minimum atomic E-state index is -0.378. The quantitative estimate of drug-likeness (QED) is 0.325. The average Bonchev–Trinajstić information content (AvgIpc) is 3.41. The number of aromatic nitrogens is 5. The molecule has 5 aromatic rings. The average molecular weight is 464 g/mol. The number of aryl methyl sites for hydroxylation is 1. The van der Waals surface area contributed by atoms with E-state index in [9.17, 15) is 4.79 Å². The zero-order chi connectivity index (χ0) is 22.2. The number of fused-ring (bicyclic) bond motifs is 1. The van der Waals surface area contributed by atoms with Gasteiger partial charge in [-0.2, -0.15) is 0 Å². The maximum Gasteiger partial charge on any atom is 0.289 e. The molecule has 0 amide bonds. The van der Waals surface area contributed by atoms with Gasteiger partial charge >= 0.3 is 0 Å². The van der Waals surface area contributed by atoms with Crippen molar-refractivity contribution in [2.75, 3.05) is 0 Å². The molecule has 0 fully saturated rings. The highest BCUT2D eigenvalue weighted by Gasteiger charge is 2.23. The van der Waals surface area contributed by atoms with Gasteiger partial charge in [0.25, 0.3) is 17.6 Å². The highest BCUT2D eigenvalue weighted by atomic mass is 35.5. The molecule has 0 N–H and O–H groups in total. The first kappa shape index (κ1) is 20.4. The Kier molecular flexibility index (Phi) is 5.20. The van der Waals surface area contributed by atoms with Crippen LogP contribution in [0.5, 0.6) is 0 Å². The molecule has 0 atom stereocenters. The van der Waals surface area contributed by atoms with Gasteiger partial charge < -0.3 is 8.98 Å². The maximum atomic E-state index is 13.3. The van der Waals surface area contributed by atoms with E-state index in [1.807, 2.05) is 35.8 Å². The maximum absolute atomic E-state index is 13.3. The highest BCUT2D eigenvalue weighted by Crippen LogP contribution is 2.28. The summed E-state index contributed by atoms with van der Waals surface area (Å²) in [4.78, 5) is 21.5. The summed E-state index contributed by atoms with van der Waals surface area (Å²) in [5.41, 5.74) is 3.25. The molecule has 3 aromatic heterocycles. The summed E-state index contributed by atoms with van der Waals surface area (Å²) in [7, 11) is 0. The molecule has 0 saturated heterocycles. The van der Waals surface area contributed by atoms with E-state index in [0.29, 0.717) is 22.2 Å². The molecular formula is C23H15Cl2N5O2. The monoisotopic (exact) mass is 463 g/mol. The number of ketones is 1. The second kappa shape index (κ2) is 8.18. The van der Waals surface area contributed by atoms with Crippen LogP contribution in [0.15, 0.2) is 65.5 Å². The minimum Gasteiger partial charge on any atom is -0.410 e. The Morgan fingerprint density at radius 3 is 2.66 bits per heavy atom. The zero-order valence-corrected chi connectivity index (χ0v) is 18.3. The summed E-state index contributed by atoms with van der Waals surface area (Å²) in [6.07, 6.45) is 4.90. The van der Waals surface area contributed by atoms with Crippen LogP contribution in [-0.4, -0.2) is 30.5 Å². The van der Waals surface area contributed by atoms with Crippen molar-refractivity contribution >= 4 is 39.9 Å². The van der Waals surface area contributed by atoms with Crippen molar-refractivity contribution in [1.82, 2.24) is 24.7 Å². The summed E-state index contributed by atoms with van der Waals surface area (Å²) >= 11 is 12.4. The topological polar surface area (TPSA) is 86.7 Å². The predicted molar refractivity (Wildman–Crippen MR) is 121 cm³/mol. The van der Waals surface area contributed by atoms with E-state index in [1.54, 1.807) is 36.8 Å². The van der Waals surface area contributed by atoms with Gasteiger partial charge in [0, 0.05) is 46.1 Å². The third-order valence-corrected chi connectivity index (χ3v) is 5.60. The molecule has 7 nitrogen and oxygen atoms in total. The lowest BCUT2D eigenvalue weighted by molar-refractivity contribution is 0.100. The van der Waals surface area contributed by atoms with Crippen molar-refractivity contribution in [3.8, 4) is 11.7 Å². The van der Waals surface area contributed by atoms with Crippen LogP contribution >= 0.6 is 23.2 Å². The largest absolute Gasteiger partial charge is 0.410 e. The Hall–Kier alpha value is -3.55. The van der Waals surface area contributed by atoms with Crippen LogP contribution in [0.4, 0.5) is 0 Å². The van der Waals surface area contributed by atoms with Crippen molar-refractivity contribution < 1.29 is 9.21 Å². The SMILES string of the molecule is Cc1ccc2c(c1)c(C(=O)c1nnc(-c3ncccn3)o1)cn2Cc1ccc(Cl)cc1Cl. The molecular weight excluding hydrogens is 449 g/mol. The Bertz CT molecular complexity index is 1460. The number of carbonyl (C=O) groups excluding carboxylic acids is 1. The number of halogens is 2. The van der Waals surface area contributed by atoms with Gasteiger partial charge in [-0.15, -0.1) is 10.2 Å². The summed E-state index contributed by atoms with van der Waals surface area (Å²) < 4.78 is 7.55. The molecule has 3 heterocycles. The number of hydrogen-bond donors (Lipinski definition) is 0. The second-order valence-corrected chi connectivity index (χ2v) is 8.08. The van der Waals surface area contributed by atoms with Crippen molar-refractivity contribution in [2.24, 2.45) is 0 Å². The fraction of sp³-hybridized carbons (Fsp3) is 0.0870. The standard InChI is InChI=1S/C23H15Cl2N5O2/c1-13-3-6-19-16(9-13)17(12-30(19)11-14-4-5-15(24)10-18(14)25)20(31)22-28-29-23(32-22)21-26-7-2-8-27-21/h2-10,12H,11H2,1H3. The highest BCUT2D eigenvalue weighted by molar-refractivity contribution is 6.35. The molecule has 0 aliphatic heterocycles. The summed E-state index contributed by atoms with van der Waals surface area (Å²) in [6, 6.07) is 13.0. The van der Waals surface area contributed by atoms with Gasteiger partial charge in [-0.05, 0) is 42.8 Å². The third-order valence-electron chi connectivity index (χ3n) is 5.01. The third kappa shape index (κ3) is 3.77. The van der Waals surface area contributed by atoms with Crippen molar-refractivity contribution in [1.29, 1.82) is 0 Å². The molecule has 0 saturated carbocycles. The van der Waals surface area contributed by atoms with Crippen LogP contribution in [-0.2, 0) is 6.54 Å². The summed E-state index contributed by atoms with van der Waals surface area (Å²) in [6.45, 7) is 2.44. The normalized spacial score (nSPS) is 11.2. The van der Waals surface area contributed by atoms with Crippen molar-refractivity contribution in [3.63, 3.8) is 0 Å². The van der Waals surface area contributed by atoms with Crippen LogP contribution in [0.25, 0.3) is 22.6 Å². The Morgan fingerprint density at radius 1 is 1.06 bits per heavy atom. The Labute approximate surface area is 192 Å². The summed E-state index contributed by atoms with van der Waals surface area (Å²) in [5, 5.41) is 9.76. The predicted octanol–water partition coefficient (Wildman–Crippen LogP) is 5.38. The fourth-order valence-corrected chi connectivity index (χ4v) is 3.95. The lowest BCUT2D eigenvalue weighted by Gasteiger charge is -2.08. The molecule has 0 aliphatic carbocycles. The Morgan fingerprint density at radius 2 is 1.88 bits per heavy atom. The zero-order valence-electron chi connectivity index (χ0n) is 16.8. The van der Waals surface area contributed by atoms with Crippen LogP contribution in [0, 0.1) is 6.92 Å². The Balaban J connectivity index is 1.56. The molecule has 2 aromatic carbocycles. The van der Waals surface area contributed by atoms with E-state index in [0.717, 1.165) is 22.0 Å². The van der Waals surface area contributed by atoms with Crippen molar-refractivity contribution in [2.45, 2.75) is 13.5 Å².